The first kappa shape index (κ1) is 20.4. The van der Waals surface area contributed by atoms with Gasteiger partial charge in [-0.2, -0.15) is 0 Å². The van der Waals surface area contributed by atoms with Gasteiger partial charge >= 0.3 is 0 Å². The minimum absolute atomic E-state index is 0.0707. The molecule has 1 amide bonds. The predicted octanol–water partition coefficient (Wildman–Crippen LogP) is 3.13. The average molecular weight is 427 g/mol. The van der Waals surface area contributed by atoms with Crippen LogP contribution in [0.4, 0.5) is 8.78 Å². The Morgan fingerprint density at radius 2 is 1.84 bits per heavy atom. The first-order chi connectivity index (χ1) is 15.0. The average Bonchev–Trinajstić information content (AvgIpc) is 2.93. The number of aromatic nitrogens is 1. The number of amides is 1. The Morgan fingerprint density at radius 3 is 2.68 bits per heavy atom. The second kappa shape index (κ2) is 8.19. The Morgan fingerprint density at radius 1 is 0.968 bits per heavy atom. The summed E-state index contributed by atoms with van der Waals surface area (Å²) >= 11 is 0. The highest BCUT2D eigenvalue weighted by atomic mass is 19.2. The molecule has 4 heterocycles. The van der Waals surface area contributed by atoms with Gasteiger partial charge in [0.2, 0.25) is 5.91 Å². The van der Waals surface area contributed by atoms with Crippen LogP contribution < -0.4 is 5.56 Å². The number of pyridine rings is 1. The van der Waals surface area contributed by atoms with Crippen molar-refractivity contribution in [3.8, 4) is 0 Å². The molecule has 5 nitrogen and oxygen atoms in total. The van der Waals surface area contributed by atoms with E-state index in [1.165, 1.54) is 6.07 Å². The van der Waals surface area contributed by atoms with E-state index in [2.05, 4.69) is 11.0 Å². The van der Waals surface area contributed by atoms with Gasteiger partial charge in [-0.3, -0.25) is 14.5 Å². The lowest BCUT2D eigenvalue weighted by Gasteiger charge is -2.45. The molecule has 0 radical (unpaired) electrons. The number of hydrogen-bond donors (Lipinski definition) is 0. The van der Waals surface area contributed by atoms with E-state index in [4.69, 9.17) is 0 Å². The van der Waals surface area contributed by atoms with Crippen LogP contribution in [0.15, 0.2) is 41.2 Å². The zero-order chi connectivity index (χ0) is 21.5. The lowest BCUT2D eigenvalue weighted by molar-refractivity contribution is -0.131. The third-order valence-electron chi connectivity index (χ3n) is 7.16. The summed E-state index contributed by atoms with van der Waals surface area (Å²) in [7, 11) is 0. The summed E-state index contributed by atoms with van der Waals surface area (Å²) < 4.78 is 28.7. The first-order valence-electron chi connectivity index (χ1n) is 11.1. The van der Waals surface area contributed by atoms with Gasteiger partial charge in [-0.15, -0.1) is 0 Å². The van der Waals surface area contributed by atoms with E-state index in [0.717, 1.165) is 50.7 Å². The first-order valence-corrected chi connectivity index (χ1v) is 11.1. The van der Waals surface area contributed by atoms with Crippen molar-refractivity contribution in [2.24, 2.45) is 5.92 Å². The van der Waals surface area contributed by atoms with Crippen LogP contribution >= 0.6 is 0 Å². The number of likely N-dealkylation sites (tertiary alicyclic amines) is 2. The van der Waals surface area contributed by atoms with Crippen LogP contribution in [0.3, 0.4) is 0 Å². The van der Waals surface area contributed by atoms with Gasteiger partial charge in [0.25, 0.3) is 5.56 Å². The van der Waals surface area contributed by atoms with Crippen LogP contribution in [-0.4, -0.2) is 46.0 Å². The highest BCUT2D eigenvalue weighted by molar-refractivity contribution is 5.76. The molecule has 3 atom stereocenters. The fraction of sp³-hybridized carbons (Fsp3) is 0.500. The number of benzene rings is 1. The van der Waals surface area contributed by atoms with Gasteiger partial charge in [-0.1, -0.05) is 12.1 Å². The molecule has 2 fully saturated rings. The zero-order valence-corrected chi connectivity index (χ0v) is 17.5. The fourth-order valence-electron chi connectivity index (χ4n) is 5.64. The third-order valence-corrected chi connectivity index (χ3v) is 7.16. The maximum Gasteiger partial charge on any atom is 0.250 e. The highest BCUT2D eigenvalue weighted by Crippen LogP contribution is 2.37. The lowest BCUT2D eigenvalue weighted by Crippen LogP contribution is -2.50. The number of fused-ring (bicyclic) bond motifs is 4. The van der Waals surface area contributed by atoms with Crippen molar-refractivity contribution >= 4 is 5.91 Å². The molecule has 0 spiro atoms. The molecule has 1 aromatic heterocycles. The number of carbonyl (C=O) groups excluding carboxylic acids is 1. The normalized spacial score (nSPS) is 26.5. The molecule has 7 heteroatoms. The molecule has 2 saturated heterocycles. The Balaban J connectivity index is 1.27. The Labute approximate surface area is 180 Å². The minimum Gasteiger partial charge on any atom is -0.338 e. The van der Waals surface area contributed by atoms with E-state index < -0.39 is 11.6 Å². The predicted molar refractivity (Wildman–Crippen MR) is 113 cm³/mol. The third kappa shape index (κ3) is 4.03. The number of piperidine rings is 1. The Hall–Kier alpha value is -2.54. The van der Waals surface area contributed by atoms with Crippen LogP contribution in [-0.2, 0) is 17.9 Å². The summed E-state index contributed by atoms with van der Waals surface area (Å²) in [6.07, 6.45) is 3.27. The van der Waals surface area contributed by atoms with Gasteiger partial charge in [0.05, 0.1) is 0 Å². The molecule has 31 heavy (non-hydrogen) atoms. The van der Waals surface area contributed by atoms with Crippen molar-refractivity contribution in [2.45, 2.75) is 50.7 Å². The SMILES string of the molecule is O=C1CCC(N2C[C@H]3C[C@@H](C2)c2cccc(=O)n2C3)CCN1Cc1ccc(F)c(F)c1. The number of carbonyl (C=O) groups is 1. The molecule has 2 aromatic rings. The Bertz CT molecular complexity index is 1050. The molecule has 5 rings (SSSR count). The number of hydrogen-bond acceptors (Lipinski definition) is 3. The lowest BCUT2D eigenvalue weighted by atomic mass is 9.82. The fourth-order valence-corrected chi connectivity index (χ4v) is 5.64. The van der Waals surface area contributed by atoms with E-state index in [9.17, 15) is 18.4 Å². The van der Waals surface area contributed by atoms with Crippen molar-refractivity contribution in [1.82, 2.24) is 14.4 Å². The summed E-state index contributed by atoms with van der Waals surface area (Å²) in [6.45, 7) is 3.58. The summed E-state index contributed by atoms with van der Waals surface area (Å²) in [5.41, 5.74) is 1.84. The zero-order valence-electron chi connectivity index (χ0n) is 17.5. The van der Waals surface area contributed by atoms with E-state index in [1.807, 2.05) is 10.6 Å². The molecule has 3 aliphatic heterocycles. The molecular formula is C24H27F2N3O2. The standard InChI is InChI=1S/C24H27F2N3O2/c25-20-6-4-16(11-21(20)26)12-27-9-8-19(5-7-23(27)30)28-13-17-10-18(15-28)22-2-1-3-24(31)29(22)14-17/h1-4,6,11,17-19H,5,7-10,12-15H2/t17-,18+,19?/m1/s1. The molecule has 0 aliphatic carbocycles. The van der Waals surface area contributed by atoms with Gasteiger partial charge < -0.3 is 9.47 Å². The Kier molecular flexibility index (Phi) is 5.38. The summed E-state index contributed by atoms with van der Waals surface area (Å²) in [6, 6.07) is 9.73. The van der Waals surface area contributed by atoms with Crippen molar-refractivity contribution in [3.63, 3.8) is 0 Å². The van der Waals surface area contributed by atoms with E-state index in [1.54, 1.807) is 17.0 Å². The van der Waals surface area contributed by atoms with Crippen molar-refractivity contribution in [2.75, 3.05) is 19.6 Å². The smallest absolute Gasteiger partial charge is 0.250 e. The molecule has 0 N–H and O–H groups in total. The second-order valence-corrected chi connectivity index (χ2v) is 9.20. The second-order valence-electron chi connectivity index (χ2n) is 9.20. The van der Waals surface area contributed by atoms with Crippen LogP contribution in [0, 0.1) is 17.6 Å². The topological polar surface area (TPSA) is 45.6 Å². The van der Waals surface area contributed by atoms with Crippen LogP contribution in [0.1, 0.15) is 42.9 Å². The highest BCUT2D eigenvalue weighted by Gasteiger charge is 2.37. The number of rotatable bonds is 3. The molecule has 1 unspecified atom stereocenters. The van der Waals surface area contributed by atoms with Gasteiger partial charge in [-0.25, -0.2) is 8.78 Å². The molecular weight excluding hydrogens is 400 g/mol. The van der Waals surface area contributed by atoms with Crippen molar-refractivity contribution in [3.05, 3.63) is 69.6 Å². The molecule has 3 aliphatic rings. The van der Waals surface area contributed by atoms with E-state index in [0.29, 0.717) is 43.0 Å². The van der Waals surface area contributed by atoms with E-state index in [-0.39, 0.29) is 11.5 Å². The van der Waals surface area contributed by atoms with Crippen LogP contribution in [0.2, 0.25) is 0 Å². The molecule has 1 aromatic carbocycles. The van der Waals surface area contributed by atoms with Gasteiger partial charge in [0.15, 0.2) is 11.6 Å². The maximum absolute atomic E-state index is 13.6. The largest absolute Gasteiger partial charge is 0.338 e. The molecule has 2 bridgehead atoms. The summed E-state index contributed by atoms with van der Waals surface area (Å²) in [4.78, 5) is 29.2. The van der Waals surface area contributed by atoms with Gasteiger partial charge in [0.1, 0.15) is 0 Å². The quantitative estimate of drug-likeness (QED) is 0.756. The van der Waals surface area contributed by atoms with Crippen molar-refractivity contribution < 1.29 is 13.6 Å². The number of nitrogens with zero attached hydrogens (tertiary/aromatic N) is 3. The van der Waals surface area contributed by atoms with Crippen LogP contribution in [0.25, 0.3) is 0 Å². The summed E-state index contributed by atoms with van der Waals surface area (Å²) in [5.74, 6) is -0.856. The molecule has 164 valence electrons. The summed E-state index contributed by atoms with van der Waals surface area (Å²) in [5, 5.41) is 0. The van der Waals surface area contributed by atoms with Gasteiger partial charge in [0, 0.05) is 62.9 Å². The molecule has 0 saturated carbocycles. The maximum atomic E-state index is 13.6. The van der Waals surface area contributed by atoms with Crippen LogP contribution in [0.5, 0.6) is 0 Å². The monoisotopic (exact) mass is 427 g/mol. The van der Waals surface area contributed by atoms with E-state index >= 15 is 0 Å². The number of halogens is 2. The van der Waals surface area contributed by atoms with Gasteiger partial charge in [-0.05, 0) is 48.9 Å². The minimum atomic E-state index is -0.878. The van der Waals surface area contributed by atoms with Crippen molar-refractivity contribution in [1.29, 1.82) is 0 Å².